The summed E-state index contributed by atoms with van der Waals surface area (Å²) in [5.74, 6) is 0.146. The van der Waals surface area contributed by atoms with Gasteiger partial charge in [-0.15, -0.1) is 0 Å². The highest BCUT2D eigenvalue weighted by molar-refractivity contribution is 7.68. The van der Waals surface area contributed by atoms with E-state index in [4.69, 9.17) is 28.6 Å². The third-order valence-corrected chi connectivity index (χ3v) is 13.5. The monoisotopic (exact) mass is 847 g/mol. The Labute approximate surface area is 330 Å². The van der Waals surface area contributed by atoms with Gasteiger partial charge in [-0.3, -0.25) is 18.4 Å². The van der Waals surface area contributed by atoms with Crippen LogP contribution in [0.2, 0.25) is 0 Å². The Morgan fingerprint density at radius 3 is 2.05 bits per heavy atom. The second-order valence-corrected chi connectivity index (χ2v) is 18.9. The smallest absolute Gasteiger partial charge is 0.427 e. The van der Waals surface area contributed by atoms with Crippen LogP contribution in [0.5, 0.6) is 5.75 Å². The van der Waals surface area contributed by atoms with Crippen molar-refractivity contribution < 1.29 is 55.4 Å². The molecule has 4 atom stereocenters. The number of benzene rings is 1. The highest BCUT2D eigenvalue weighted by atomic mass is 31.3. The SMILES string of the molecule is CCCCCCCCCCCOP(=O)(OCc1ccc(OC(=O)CCCCCCCC)cc1)OP(=O)(O)OP(=O)(O)CO[C@H](C)Cn1cnc2c(N)ncnc21. The van der Waals surface area contributed by atoms with E-state index in [1.807, 2.05) is 0 Å². The van der Waals surface area contributed by atoms with Gasteiger partial charge in [-0.05, 0) is 37.5 Å². The Bertz CT molecular complexity index is 1750. The number of nitrogens with zero attached hydrogens (tertiary/aromatic N) is 4. The molecule has 0 aliphatic carbocycles. The summed E-state index contributed by atoms with van der Waals surface area (Å²) in [5, 5.41) is 0. The van der Waals surface area contributed by atoms with Crippen LogP contribution in [-0.2, 0) is 54.0 Å². The first kappa shape index (κ1) is 47.8. The number of hydrogen-bond acceptors (Lipinski definition) is 14. The number of fused-ring (bicyclic) bond motifs is 1. The van der Waals surface area contributed by atoms with Gasteiger partial charge in [0.25, 0.3) is 0 Å². The van der Waals surface area contributed by atoms with Gasteiger partial charge in [-0.2, -0.15) is 4.31 Å². The summed E-state index contributed by atoms with van der Waals surface area (Å²) in [4.78, 5) is 45.4. The molecule has 56 heavy (non-hydrogen) atoms. The summed E-state index contributed by atoms with van der Waals surface area (Å²) in [7, 11) is -15.4. The Balaban J connectivity index is 1.55. The molecular formula is C36H60N5O12P3. The Morgan fingerprint density at radius 2 is 1.41 bits per heavy atom. The zero-order chi connectivity index (χ0) is 40.9. The van der Waals surface area contributed by atoms with Crippen LogP contribution in [0.15, 0.2) is 36.9 Å². The standard InChI is InChI=1S/C36H60N5O12P3/c1-4-6-8-10-12-13-14-16-18-24-49-56(47,50-26-31-20-22-32(23-21-31)51-33(42)19-17-15-11-9-7-5-2)53-55(45,46)52-54(43,44)29-48-30(3)25-41-28-40-34-35(37)38-27-39-36(34)41/h20-23,27-28,30H,4-19,24-26,29H2,1-3H3,(H,43,44)(H,45,46)(H2,37,38,39)/t30-,56?/m1/s1. The number of ether oxygens (including phenoxy) is 2. The first-order valence-corrected chi connectivity index (χ1v) is 24.3. The molecule has 316 valence electrons. The first-order valence-electron chi connectivity index (χ1n) is 19.5. The third-order valence-electron chi connectivity index (χ3n) is 8.62. The fourth-order valence-electron chi connectivity index (χ4n) is 5.62. The van der Waals surface area contributed by atoms with Crippen molar-refractivity contribution in [3.63, 3.8) is 0 Å². The second-order valence-electron chi connectivity index (χ2n) is 13.7. The van der Waals surface area contributed by atoms with E-state index in [9.17, 15) is 28.3 Å². The molecular weight excluding hydrogens is 787 g/mol. The molecule has 0 aliphatic rings. The van der Waals surface area contributed by atoms with Crippen LogP contribution in [0, 0.1) is 0 Å². The normalized spacial score (nSPS) is 15.6. The Morgan fingerprint density at radius 1 is 0.804 bits per heavy atom. The van der Waals surface area contributed by atoms with Gasteiger partial charge in [0.05, 0.1) is 32.2 Å². The van der Waals surface area contributed by atoms with Gasteiger partial charge in [-0.25, -0.2) is 28.4 Å². The largest absolute Gasteiger partial charge is 0.488 e. The van der Waals surface area contributed by atoms with E-state index in [1.165, 1.54) is 56.9 Å². The third kappa shape index (κ3) is 18.8. The number of carbonyl (C=O) groups is 1. The minimum atomic E-state index is -5.54. The highest BCUT2D eigenvalue weighted by Crippen LogP contribution is 2.69. The van der Waals surface area contributed by atoms with Crippen LogP contribution in [-0.4, -0.2) is 54.3 Å². The van der Waals surface area contributed by atoms with Crippen LogP contribution >= 0.6 is 23.2 Å². The molecule has 20 heteroatoms. The van der Waals surface area contributed by atoms with E-state index >= 15 is 0 Å². The molecule has 0 fully saturated rings. The molecule has 3 unspecified atom stereocenters. The molecule has 3 rings (SSSR count). The summed E-state index contributed by atoms with van der Waals surface area (Å²) in [6.45, 7) is 5.48. The molecule has 2 aromatic heterocycles. The van der Waals surface area contributed by atoms with Crippen LogP contribution in [0.4, 0.5) is 5.82 Å². The maximum atomic E-state index is 13.7. The van der Waals surface area contributed by atoms with Gasteiger partial charge >= 0.3 is 29.2 Å². The minimum absolute atomic E-state index is 0.124. The molecule has 0 saturated carbocycles. The van der Waals surface area contributed by atoms with Crippen molar-refractivity contribution >= 4 is 46.2 Å². The van der Waals surface area contributed by atoms with Crippen LogP contribution in [0.1, 0.15) is 129 Å². The number of phosphoric ester groups is 1. The quantitative estimate of drug-likeness (QED) is 0.0236. The zero-order valence-corrected chi connectivity index (χ0v) is 35.6. The van der Waals surface area contributed by atoms with E-state index in [2.05, 4.69) is 33.1 Å². The van der Waals surface area contributed by atoms with Crippen molar-refractivity contribution in [1.29, 1.82) is 0 Å². The second kappa shape index (κ2) is 25.0. The van der Waals surface area contributed by atoms with Crippen molar-refractivity contribution in [3.8, 4) is 5.75 Å². The number of aromatic nitrogens is 4. The number of imidazole rings is 1. The molecule has 0 spiro atoms. The maximum absolute atomic E-state index is 13.7. The van der Waals surface area contributed by atoms with Gasteiger partial charge in [0, 0.05) is 6.42 Å². The lowest BCUT2D eigenvalue weighted by Gasteiger charge is -2.22. The van der Waals surface area contributed by atoms with E-state index < -0.39 is 42.3 Å². The number of esters is 1. The summed E-state index contributed by atoms with van der Waals surface area (Å²) in [6.07, 6.45) is 16.6. The van der Waals surface area contributed by atoms with Crippen molar-refractivity contribution in [2.75, 3.05) is 18.7 Å². The number of carbonyl (C=O) groups excluding carboxylic acids is 1. The highest BCUT2D eigenvalue weighted by Gasteiger charge is 2.43. The van der Waals surface area contributed by atoms with Crippen LogP contribution in [0.3, 0.4) is 0 Å². The van der Waals surface area contributed by atoms with Gasteiger partial charge in [0.15, 0.2) is 11.5 Å². The van der Waals surface area contributed by atoms with Crippen molar-refractivity contribution in [3.05, 3.63) is 42.5 Å². The number of rotatable bonds is 31. The maximum Gasteiger partial charge on any atom is 0.488 e. The Hall–Kier alpha value is -2.55. The lowest BCUT2D eigenvalue weighted by molar-refractivity contribution is -0.134. The summed E-state index contributed by atoms with van der Waals surface area (Å²) in [6, 6.07) is 6.19. The molecule has 1 aromatic carbocycles. The van der Waals surface area contributed by atoms with Gasteiger partial charge in [-0.1, -0.05) is 109 Å². The van der Waals surface area contributed by atoms with E-state index in [1.54, 1.807) is 23.6 Å². The van der Waals surface area contributed by atoms with Gasteiger partial charge in [0.1, 0.15) is 23.9 Å². The van der Waals surface area contributed by atoms with Crippen molar-refractivity contribution in [2.45, 2.75) is 143 Å². The number of nitrogens with two attached hydrogens (primary N) is 1. The van der Waals surface area contributed by atoms with E-state index in [0.29, 0.717) is 35.3 Å². The lowest BCUT2D eigenvalue weighted by atomic mass is 10.1. The molecule has 4 N–H and O–H groups in total. The molecule has 0 amide bonds. The molecule has 0 aliphatic heterocycles. The van der Waals surface area contributed by atoms with Gasteiger partial charge in [0.2, 0.25) is 0 Å². The van der Waals surface area contributed by atoms with Crippen molar-refractivity contribution in [2.24, 2.45) is 0 Å². The lowest BCUT2D eigenvalue weighted by Crippen LogP contribution is -2.17. The van der Waals surface area contributed by atoms with Gasteiger partial charge < -0.3 is 29.6 Å². The first-order chi connectivity index (χ1) is 26.7. The predicted molar refractivity (Wildman–Crippen MR) is 213 cm³/mol. The van der Waals surface area contributed by atoms with Crippen LogP contribution in [0.25, 0.3) is 11.2 Å². The topological polar surface area (TPSA) is 234 Å². The molecule has 17 nitrogen and oxygen atoms in total. The summed E-state index contributed by atoms with van der Waals surface area (Å²) < 4.78 is 72.3. The number of phosphoric acid groups is 2. The average molecular weight is 848 g/mol. The molecule has 0 radical (unpaired) electrons. The summed E-state index contributed by atoms with van der Waals surface area (Å²) in [5.41, 5.74) is 7.06. The fraction of sp³-hybridized carbons (Fsp3) is 0.667. The minimum Gasteiger partial charge on any atom is -0.427 e. The van der Waals surface area contributed by atoms with Crippen molar-refractivity contribution in [1.82, 2.24) is 19.5 Å². The number of hydrogen-bond donors (Lipinski definition) is 3. The Kier molecular flexibility index (Phi) is 21.4. The zero-order valence-electron chi connectivity index (χ0n) is 32.9. The molecule has 3 aromatic rings. The molecule has 0 saturated heterocycles. The van der Waals surface area contributed by atoms with Crippen LogP contribution < -0.4 is 10.5 Å². The predicted octanol–water partition coefficient (Wildman–Crippen LogP) is 9.62. The molecule has 0 bridgehead atoms. The fourth-order valence-corrected chi connectivity index (χ4v) is 10.1. The average Bonchev–Trinajstić information content (AvgIpc) is 3.55. The molecule has 2 heterocycles. The number of unbranched alkanes of at least 4 members (excludes halogenated alkanes) is 13. The van der Waals surface area contributed by atoms with E-state index in [-0.39, 0.29) is 24.9 Å². The summed E-state index contributed by atoms with van der Waals surface area (Å²) >= 11 is 0. The van der Waals surface area contributed by atoms with E-state index in [0.717, 1.165) is 57.8 Å². The number of anilines is 1. The number of nitrogen functional groups attached to an aromatic ring is 1.